The Morgan fingerprint density at radius 3 is 1.67 bits per heavy atom. The first kappa shape index (κ1) is 28.0. The van der Waals surface area contributed by atoms with Gasteiger partial charge in [-0.25, -0.2) is 0 Å². The molecule has 3 aromatic carbocycles. The molecule has 0 spiro atoms. The third kappa shape index (κ3) is 9.13. The molecule has 0 aliphatic heterocycles. The van der Waals surface area contributed by atoms with E-state index in [4.69, 9.17) is 9.47 Å². The Morgan fingerprint density at radius 1 is 0.556 bits per heavy atom. The van der Waals surface area contributed by atoms with Crippen LogP contribution in [0.4, 0.5) is 0 Å². The van der Waals surface area contributed by atoms with Crippen molar-refractivity contribution in [1.29, 1.82) is 0 Å². The van der Waals surface area contributed by atoms with Gasteiger partial charge in [-0.3, -0.25) is 0 Å². The molecule has 0 saturated heterocycles. The number of benzene rings is 3. The number of hydrogen-bond donors (Lipinski definition) is 0. The van der Waals surface area contributed by atoms with Crippen LogP contribution in [0.5, 0.6) is 5.75 Å². The van der Waals surface area contributed by atoms with Gasteiger partial charge in [-0.05, 0) is 59.7 Å². The van der Waals surface area contributed by atoms with E-state index in [9.17, 15) is 0 Å². The zero-order chi connectivity index (χ0) is 25.4. The highest BCUT2D eigenvalue weighted by Gasteiger charge is 2.10. The molecular weight excluding hydrogens is 440 g/mol. The molecule has 1 unspecified atom stereocenters. The normalized spacial score (nSPS) is 12.0. The molecule has 0 bridgehead atoms. The Labute approximate surface area is 220 Å². The van der Waals surface area contributed by atoms with Gasteiger partial charge in [0.1, 0.15) is 5.75 Å². The quantitative estimate of drug-likeness (QED) is 0.177. The van der Waals surface area contributed by atoms with Gasteiger partial charge in [-0.1, -0.05) is 126 Å². The van der Waals surface area contributed by atoms with Crippen molar-refractivity contribution in [3.8, 4) is 28.0 Å². The summed E-state index contributed by atoms with van der Waals surface area (Å²) >= 11 is 0. The highest BCUT2D eigenvalue weighted by Crippen LogP contribution is 2.33. The molecule has 3 aromatic rings. The van der Waals surface area contributed by atoms with Crippen LogP contribution in [-0.2, 0) is 4.74 Å². The van der Waals surface area contributed by atoms with E-state index in [0.717, 1.165) is 38.2 Å². The van der Waals surface area contributed by atoms with Gasteiger partial charge >= 0.3 is 0 Å². The maximum Gasteiger partial charge on any atom is 0.119 e. The maximum atomic E-state index is 6.15. The van der Waals surface area contributed by atoms with E-state index < -0.39 is 0 Å². The summed E-state index contributed by atoms with van der Waals surface area (Å²) in [5.41, 5.74) is 6.16. The van der Waals surface area contributed by atoms with Crippen LogP contribution in [0, 0.1) is 0 Å². The van der Waals surface area contributed by atoms with E-state index in [0.29, 0.717) is 0 Å². The van der Waals surface area contributed by atoms with E-state index in [1.54, 1.807) is 0 Å². The Morgan fingerprint density at radius 2 is 1.08 bits per heavy atom. The van der Waals surface area contributed by atoms with Crippen molar-refractivity contribution in [3.05, 3.63) is 78.4 Å². The predicted octanol–water partition coefficient (Wildman–Crippen LogP) is 10.4. The third-order valence-electron chi connectivity index (χ3n) is 6.92. The zero-order valence-corrected chi connectivity index (χ0v) is 22.8. The number of ether oxygens (including phenoxy) is 2. The highest BCUT2D eigenvalue weighted by molar-refractivity contribution is 5.83. The van der Waals surface area contributed by atoms with Crippen LogP contribution in [0.2, 0.25) is 0 Å². The summed E-state index contributed by atoms with van der Waals surface area (Å²) in [6, 6.07) is 26.0. The summed E-state index contributed by atoms with van der Waals surface area (Å²) in [5.74, 6) is 0.940. The largest absolute Gasteiger partial charge is 0.494 e. The minimum atomic E-state index is 0.124. The molecule has 0 saturated carbocycles. The van der Waals surface area contributed by atoms with E-state index in [-0.39, 0.29) is 6.10 Å². The summed E-state index contributed by atoms with van der Waals surface area (Å²) in [6.07, 6.45) is 13.0. The molecule has 0 fully saturated rings. The molecule has 36 heavy (non-hydrogen) atoms. The molecule has 0 amide bonds. The molecule has 0 aliphatic rings. The lowest BCUT2D eigenvalue weighted by Crippen LogP contribution is -2.02. The van der Waals surface area contributed by atoms with Crippen molar-refractivity contribution >= 4 is 0 Å². The summed E-state index contributed by atoms with van der Waals surface area (Å²) in [7, 11) is 0. The highest BCUT2D eigenvalue weighted by atomic mass is 16.5. The van der Waals surface area contributed by atoms with Crippen LogP contribution < -0.4 is 4.74 Å². The van der Waals surface area contributed by atoms with Crippen molar-refractivity contribution in [2.75, 3.05) is 13.2 Å². The molecule has 0 heterocycles. The Balaban J connectivity index is 1.53. The van der Waals surface area contributed by atoms with E-state index in [2.05, 4.69) is 93.6 Å². The molecule has 0 N–H and O–H groups in total. The van der Waals surface area contributed by atoms with Crippen molar-refractivity contribution in [2.45, 2.75) is 91.1 Å². The smallest absolute Gasteiger partial charge is 0.119 e. The van der Waals surface area contributed by atoms with E-state index in [1.807, 2.05) is 0 Å². The number of hydrogen-bond acceptors (Lipinski definition) is 2. The minimum Gasteiger partial charge on any atom is -0.494 e. The fraction of sp³-hybridized carbons (Fsp3) is 0.471. The minimum absolute atomic E-state index is 0.124. The molecule has 2 nitrogen and oxygen atoms in total. The second-order valence-electron chi connectivity index (χ2n) is 9.88. The lowest BCUT2D eigenvalue weighted by atomic mass is 9.94. The van der Waals surface area contributed by atoms with Crippen molar-refractivity contribution in [3.63, 3.8) is 0 Å². The monoisotopic (exact) mass is 486 g/mol. The van der Waals surface area contributed by atoms with Gasteiger partial charge in [0.25, 0.3) is 0 Å². The molecule has 0 aliphatic carbocycles. The molecule has 194 valence electrons. The van der Waals surface area contributed by atoms with Crippen LogP contribution >= 0.6 is 0 Å². The summed E-state index contributed by atoms with van der Waals surface area (Å²) in [6.45, 7) is 8.24. The molecule has 2 heteroatoms. The second-order valence-corrected chi connectivity index (χ2v) is 9.88. The number of unbranched alkanes of at least 4 members (excludes halogenated alkanes) is 8. The van der Waals surface area contributed by atoms with Gasteiger partial charge in [-0.15, -0.1) is 0 Å². The van der Waals surface area contributed by atoms with Crippen LogP contribution in [0.3, 0.4) is 0 Å². The first-order valence-corrected chi connectivity index (χ1v) is 14.3. The third-order valence-corrected chi connectivity index (χ3v) is 6.92. The summed E-state index contributed by atoms with van der Waals surface area (Å²) < 4.78 is 12.0. The average molecular weight is 487 g/mol. The molecule has 3 rings (SSSR count). The number of rotatable bonds is 17. The van der Waals surface area contributed by atoms with E-state index >= 15 is 0 Å². The summed E-state index contributed by atoms with van der Waals surface area (Å²) in [4.78, 5) is 0. The van der Waals surface area contributed by atoms with Crippen LogP contribution in [-0.4, -0.2) is 13.2 Å². The van der Waals surface area contributed by atoms with Crippen LogP contribution in [0.15, 0.2) is 72.8 Å². The topological polar surface area (TPSA) is 18.5 Å². The van der Waals surface area contributed by atoms with Crippen molar-refractivity contribution in [2.24, 2.45) is 0 Å². The van der Waals surface area contributed by atoms with E-state index in [1.165, 1.54) is 72.8 Å². The van der Waals surface area contributed by atoms with Crippen LogP contribution in [0.1, 0.15) is 96.6 Å². The molecule has 0 aromatic heterocycles. The van der Waals surface area contributed by atoms with Gasteiger partial charge < -0.3 is 9.47 Å². The fourth-order valence-corrected chi connectivity index (χ4v) is 4.58. The van der Waals surface area contributed by atoms with Crippen LogP contribution in [0.25, 0.3) is 22.3 Å². The average Bonchev–Trinajstić information content (AvgIpc) is 2.93. The van der Waals surface area contributed by atoms with Gasteiger partial charge in [0.2, 0.25) is 0 Å². The lowest BCUT2D eigenvalue weighted by Gasteiger charge is -2.15. The first-order chi connectivity index (χ1) is 17.7. The fourth-order valence-electron chi connectivity index (χ4n) is 4.58. The molecule has 1 atom stereocenters. The molecule has 0 radical (unpaired) electrons. The SMILES string of the molecule is CCCCCCCCCCOC(C)c1ccc(-c2ccccc2-c2ccc(OCCCC)cc2)cc1. The summed E-state index contributed by atoms with van der Waals surface area (Å²) in [5, 5.41) is 0. The van der Waals surface area contributed by atoms with Gasteiger partial charge in [0, 0.05) is 6.61 Å². The Hall–Kier alpha value is -2.58. The Kier molecular flexibility index (Phi) is 12.6. The van der Waals surface area contributed by atoms with Crippen molar-refractivity contribution in [1.82, 2.24) is 0 Å². The maximum absolute atomic E-state index is 6.15. The standard InChI is InChI=1S/C34H46O2/c1-4-6-8-9-10-11-12-15-27-35-28(3)29-18-20-30(21-19-29)33-16-13-14-17-34(33)31-22-24-32(25-23-31)36-26-7-5-2/h13-14,16-25,28H,4-12,15,26-27H2,1-3H3. The first-order valence-electron chi connectivity index (χ1n) is 14.3. The lowest BCUT2D eigenvalue weighted by molar-refractivity contribution is 0.0627. The van der Waals surface area contributed by atoms with Gasteiger partial charge in [0.05, 0.1) is 12.7 Å². The van der Waals surface area contributed by atoms with Crippen molar-refractivity contribution < 1.29 is 9.47 Å². The Bertz CT molecular complexity index is 975. The van der Waals surface area contributed by atoms with Gasteiger partial charge in [0.15, 0.2) is 0 Å². The van der Waals surface area contributed by atoms with Gasteiger partial charge in [-0.2, -0.15) is 0 Å². The second kappa shape index (κ2) is 16.2. The zero-order valence-electron chi connectivity index (χ0n) is 22.8. The predicted molar refractivity (Wildman–Crippen MR) is 155 cm³/mol. The molecular formula is C34H46O2.